The molecule has 0 unspecified atom stereocenters. The summed E-state index contributed by atoms with van der Waals surface area (Å²) in [6.45, 7) is 3.10. The van der Waals surface area contributed by atoms with E-state index in [0.29, 0.717) is 27.5 Å². The van der Waals surface area contributed by atoms with E-state index in [1.54, 1.807) is 6.07 Å². The van der Waals surface area contributed by atoms with Gasteiger partial charge < -0.3 is 10.2 Å². The minimum atomic E-state index is 0.0434. The Labute approximate surface area is 155 Å². The molecule has 0 saturated carbocycles. The van der Waals surface area contributed by atoms with Crippen molar-refractivity contribution in [2.24, 2.45) is 0 Å². The van der Waals surface area contributed by atoms with Gasteiger partial charge in [-0.2, -0.15) is 5.10 Å². The van der Waals surface area contributed by atoms with Gasteiger partial charge in [0.25, 0.3) is 5.91 Å². The monoisotopic (exact) mass is 368 g/mol. The molecule has 0 spiro atoms. The zero-order valence-electron chi connectivity index (χ0n) is 14.0. The largest absolute Gasteiger partial charge is 0.336 e. The Balaban J connectivity index is 1.63. The molecule has 6 nitrogen and oxygen atoms in total. The number of nitrogens with zero attached hydrogens (tertiary/aromatic N) is 3. The quantitative estimate of drug-likeness (QED) is 0.721. The van der Waals surface area contributed by atoms with E-state index in [0.717, 1.165) is 38.0 Å². The van der Waals surface area contributed by atoms with Crippen LogP contribution in [0.25, 0.3) is 16.8 Å². The van der Waals surface area contributed by atoms with Crippen molar-refractivity contribution in [3.05, 3.63) is 58.7 Å². The lowest BCUT2D eigenvalue weighted by Crippen LogP contribution is -2.46. The Morgan fingerprint density at radius 3 is 2.54 bits per heavy atom. The topological polar surface area (TPSA) is 66.7 Å². The zero-order valence-corrected chi connectivity index (χ0v) is 14.7. The maximum Gasteiger partial charge on any atom is 0.253 e. The lowest BCUT2D eigenvalue weighted by molar-refractivity contribution is 0.0735. The summed E-state index contributed by atoms with van der Waals surface area (Å²) in [5.41, 5.74) is 3.31. The van der Waals surface area contributed by atoms with Gasteiger partial charge in [0.05, 0.1) is 16.2 Å². The highest BCUT2D eigenvalue weighted by Crippen LogP contribution is 2.24. The van der Waals surface area contributed by atoms with E-state index in [1.807, 2.05) is 41.3 Å². The van der Waals surface area contributed by atoms with Crippen LogP contribution in [0.15, 0.2) is 42.5 Å². The predicted molar refractivity (Wildman–Crippen MR) is 99.8 cm³/mol. The van der Waals surface area contributed by atoms with E-state index in [2.05, 4.69) is 10.4 Å². The molecule has 0 aliphatic carbocycles. The number of carbonyl (C=O) groups excluding carboxylic acids is 2. The molecule has 1 aliphatic heterocycles. The van der Waals surface area contributed by atoms with E-state index in [-0.39, 0.29) is 5.91 Å². The normalized spacial score (nSPS) is 14.6. The lowest BCUT2D eigenvalue weighted by Gasteiger charge is -2.27. The summed E-state index contributed by atoms with van der Waals surface area (Å²) >= 11 is 6.12. The second-order valence-electron chi connectivity index (χ2n) is 6.17. The first-order valence-electron chi connectivity index (χ1n) is 8.41. The van der Waals surface area contributed by atoms with Crippen LogP contribution in [-0.2, 0) is 0 Å². The molecule has 1 fully saturated rings. The van der Waals surface area contributed by atoms with Crippen molar-refractivity contribution in [2.75, 3.05) is 26.2 Å². The summed E-state index contributed by atoms with van der Waals surface area (Å²) < 4.78 is 1.53. The van der Waals surface area contributed by atoms with Crippen molar-refractivity contribution in [3.8, 4) is 11.3 Å². The van der Waals surface area contributed by atoms with Crippen LogP contribution in [0, 0.1) is 0 Å². The number of piperazine rings is 1. The number of hydrogen-bond acceptors (Lipinski definition) is 4. The molecule has 0 atom stereocenters. The third kappa shape index (κ3) is 2.98. The molecule has 26 heavy (non-hydrogen) atoms. The van der Waals surface area contributed by atoms with Crippen LogP contribution < -0.4 is 5.32 Å². The molecular weight excluding hydrogens is 352 g/mol. The fourth-order valence-electron chi connectivity index (χ4n) is 3.14. The molecule has 4 rings (SSSR count). The third-order valence-electron chi connectivity index (χ3n) is 4.55. The highest BCUT2D eigenvalue weighted by molar-refractivity contribution is 6.34. The SMILES string of the molecule is O=Cc1cc(Cl)c2ccc(-c3ccc(C(=O)N4CCNCC4)cc3)nn12. The molecule has 1 N–H and O–H groups in total. The fourth-order valence-corrected chi connectivity index (χ4v) is 3.39. The first kappa shape index (κ1) is 16.8. The smallest absolute Gasteiger partial charge is 0.253 e. The summed E-state index contributed by atoms with van der Waals surface area (Å²) in [5.74, 6) is 0.0434. The van der Waals surface area contributed by atoms with E-state index < -0.39 is 0 Å². The molecular formula is C19H17ClN4O2. The van der Waals surface area contributed by atoms with Crippen molar-refractivity contribution in [2.45, 2.75) is 0 Å². The molecule has 7 heteroatoms. The second-order valence-corrected chi connectivity index (χ2v) is 6.58. The van der Waals surface area contributed by atoms with Crippen LogP contribution >= 0.6 is 11.6 Å². The van der Waals surface area contributed by atoms with Crippen LogP contribution in [0.5, 0.6) is 0 Å². The van der Waals surface area contributed by atoms with Gasteiger partial charge in [0.1, 0.15) is 5.69 Å². The highest BCUT2D eigenvalue weighted by atomic mass is 35.5. The van der Waals surface area contributed by atoms with Gasteiger partial charge in [-0.15, -0.1) is 0 Å². The maximum atomic E-state index is 12.5. The molecule has 1 amide bonds. The van der Waals surface area contributed by atoms with Crippen molar-refractivity contribution < 1.29 is 9.59 Å². The molecule has 0 bridgehead atoms. The maximum absolute atomic E-state index is 12.5. The Morgan fingerprint density at radius 2 is 1.85 bits per heavy atom. The number of aromatic nitrogens is 2. The van der Waals surface area contributed by atoms with E-state index in [9.17, 15) is 9.59 Å². The van der Waals surface area contributed by atoms with Gasteiger partial charge in [-0.3, -0.25) is 9.59 Å². The average molecular weight is 369 g/mol. The standard InChI is InChI=1S/C19H17ClN4O2/c20-16-11-15(12-25)24-18(16)6-5-17(22-24)13-1-3-14(4-2-13)19(26)23-9-7-21-8-10-23/h1-6,11-12,21H,7-10H2. The molecule has 1 saturated heterocycles. The molecule has 0 radical (unpaired) electrons. The van der Waals surface area contributed by atoms with Gasteiger partial charge in [0.2, 0.25) is 0 Å². The minimum absolute atomic E-state index is 0.0434. The number of hydrogen-bond donors (Lipinski definition) is 1. The number of benzene rings is 1. The van der Waals surface area contributed by atoms with E-state index in [1.165, 1.54) is 4.52 Å². The van der Waals surface area contributed by atoms with Crippen molar-refractivity contribution in [1.29, 1.82) is 0 Å². The Kier molecular flexibility index (Phi) is 4.44. The van der Waals surface area contributed by atoms with Crippen LogP contribution in [0.4, 0.5) is 0 Å². The molecule has 1 aromatic carbocycles. The van der Waals surface area contributed by atoms with Crippen molar-refractivity contribution >= 4 is 29.3 Å². The van der Waals surface area contributed by atoms with Crippen molar-refractivity contribution in [3.63, 3.8) is 0 Å². The summed E-state index contributed by atoms with van der Waals surface area (Å²) in [6, 6.07) is 12.6. The zero-order chi connectivity index (χ0) is 18.1. The van der Waals surface area contributed by atoms with E-state index in [4.69, 9.17) is 11.6 Å². The summed E-state index contributed by atoms with van der Waals surface area (Å²) in [5, 5.41) is 8.23. The van der Waals surface area contributed by atoms with Crippen LogP contribution in [0.2, 0.25) is 5.02 Å². The molecule has 132 valence electrons. The Hall–Kier alpha value is -2.70. The first-order valence-corrected chi connectivity index (χ1v) is 8.79. The second kappa shape index (κ2) is 6.90. The van der Waals surface area contributed by atoms with Gasteiger partial charge in [-0.1, -0.05) is 23.7 Å². The number of aldehydes is 1. The minimum Gasteiger partial charge on any atom is -0.336 e. The number of nitrogens with one attached hydrogen (secondary N) is 1. The number of fused-ring (bicyclic) bond motifs is 1. The molecule has 1 aliphatic rings. The number of halogens is 1. The first-order chi connectivity index (χ1) is 12.7. The average Bonchev–Trinajstić information content (AvgIpc) is 3.03. The summed E-state index contributed by atoms with van der Waals surface area (Å²) in [6.07, 6.45) is 0.727. The van der Waals surface area contributed by atoms with Gasteiger partial charge in [0, 0.05) is 37.3 Å². The molecule has 3 heterocycles. The van der Waals surface area contributed by atoms with E-state index >= 15 is 0 Å². The highest BCUT2D eigenvalue weighted by Gasteiger charge is 2.18. The third-order valence-corrected chi connectivity index (χ3v) is 4.85. The van der Waals surface area contributed by atoms with Gasteiger partial charge >= 0.3 is 0 Å². The Morgan fingerprint density at radius 1 is 1.12 bits per heavy atom. The van der Waals surface area contributed by atoms with Gasteiger partial charge in [-0.25, -0.2) is 4.52 Å². The number of carbonyl (C=O) groups is 2. The number of rotatable bonds is 3. The number of amides is 1. The van der Waals surface area contributed by atoms with Gasteiger partial charge in [-0.05, 0) is 30.3 Å². The van der Waals surface area contributed by atoms with Crippen LogP contribution in [0.3, 0.4) is 0 Å². The predicted octanol–water partition coefficient (Wildman–Crippen LogP) is 2.51. The fraction of sp³-hybridized carbons (Fsp3) is 0.211. The summed E-state index contributed by atoms with van der Waals surface area (Å²) in [4.78, 5) is 25.6. The van der Waals surface area contributed by atoms with Crippen LogP contribution in [-0.4, -0.2) is 52.9 Å². The molecule has 3 aromatic rings. The lowest BCUT2D eigenvalue weighted by atomic mass is 10.1. The van der Waals surface area contributed by atoms with Crippen LogP contribution in [0.1, 0.15) is 20.8 Å². The Bertz CT molecular complexity index is 975. The summed E-state index contributed by atoms with van der Waals surface area (Å²) in [7, 11) is 0. The van der Waals surface area contributed by atoms with Gasteiger partial charge in [0.15, 0.2) is 6.29 Å². The van der Waals surface area contributed by atoms with Crippen molar-refractivity contribution in [1.82, 2.24) is 19.8 Å². The molecule has 2 aromatic heterocycles.